The summed E-state index contributed by atoms with van der Waals surface area (Å²) in [6, 6.07) is 5.72. The zero-order chi connectivity index (χ0) is 10.8. The van der Waals surface area contributed by atoms with Crippen LogP contribution in [-0.2, 0) is 5.54 Å². The van der Waals surface area contributed by atoms with Gasteiger partial charge in [-0.15, -0.1) is 0 Å². The van der Waals surface area contributed by atoms with Gasteiger partial charge in [-0.1, -0.05) is 12.1 Å². The van der Waals surface area contributed by atoms with E-state index in [1.165, 1.54) is 0 Å². The highest BCUT2D eigenvalue weighted by Crippen LogP contribution is 2.29. The van der Waals surface area contributed by atoms with E-state index in [0.717, 1.165) is 11.1 Å². The Hall–Kier alpha value is -1.06. The van der Waals surface area contributed by atoms with Crippen molar-refractivity contribution in [3.8, 4) is 0 Å². The maximum Gasteiger partial charge on any atom is 0.0451 e. The Bertz CT molecular complexity index is 301. The van der Waals surface area contributed by atoms with Gasteiger partial charge in [0.15, 0.2) is 0 Å². The monoisotopic (exact) mass is 194 g/mol. The molecule has 0 saturated heterocycles. The number of nitrogens with two attached hydrogens (primary N) is 2. The molecule has 1 rings (SSSR count). The summed E-state index contributed by atoms with van der Waals surface area (Å²) in [4.78, 5) is 0. The van der Waals surface area contributed by atoms with Gasteiger partial charge in [-0.05, 0) is 37.5 Å². The van der Waals surface area contributed by atoms with Crippen LogP contribution < -0.4 is 11.5 Å². The highest BCUT2D eigenvalue weighted by molar-refractivity contribution is 5.54. The maximum absolute atomic E-state index is 8.92. The van der Waals surface area contributed by atoms with E-state index in [1.807, 2.05) is 32.0 Å². The predicted octanol–water partition coefficient (Wildman–Crippen LogP) is 1.13. The summed E-state index contributed by atoms with van der Waals surface area (Å²) < 4.78 is 0. The van der Waals surface area contributed by atoms with Crippen LogP contribution in [0.15, 0.2) is 18.2 Å². The van der Waals surface area contributed by atoms with E-state index < -0.39 is 5.54 Å². The summed E-state index contributed by atoms with van der Waals surface area (Å²) in [7, 11) is 0. The largest absolute Gasteiger partial charge is 0.398 e. The lowest BCUT2D eigenvalue weighted by Crippen LogP contribution is -2.35. The van der Waals surface area contributed by atoms with E-state index in [-0.39, 0.29) is 6.61 Å². The molecule has 78 valence electrons. The third-order valence-electron chi connectivity index (χ3n) is 2.51. The minimum atomic E-state index is -0.551. The normalized spacial score (nSPS) is 15.1. The van der Waals surface area contributed by atoms with Gasteiger partial charge in [-0.3, -0.25) is 0 Å². The molecule has 1 aromatic carbocycles. The molecular formula is C11H18N2O. The molecule has 0 aliphatic rings. The van der Waals surface area contributed by atoms with Gasteiger partial charge in [-0.2, -0.15) is 0 Å². The fourth-order valence-electron chi connectivity index (χ4n) is 1.83. The molecule has 3 heteroatoms. The average molecular weight is 194 g/mol. The Balaban J connectivity index is 3.17. The standard InChI is InChI=1S/C11H18N2O/c1-8-4-3-5-9(12)10(8)11(2,13)6-7-14/h3-5,14H,6-7,12-13H2,1-2H3. The first-order valence-electron chi connectivity index (χ1n) is 4.74. The maximum atomic E-state index is 8.92. The first-order valence-corrected chi connectivity index (χ1v) is 4.74. The summed E-state index contributed by atoms with van der Waals surface area (Å²) in [6.45, 7) is 3.94. The SMILES string of the molecule is Cc1cccc(N)c1C(C)(N)CCO. The molecule has 1 aromatic rings. The zero-order valence-corrected chi connectivity index (χ0v) is 8.75. The molecule has 0 aliphatic carbocycles. The molecule has 3 nitrogen and oxygen atoms in total. The van der Waals surface area contributed by atoms with Crippen LogP contribution in [0.2, 0.25) is 0 Å². The molecule has 0 saturated carbocycles. The molecule has 1 atom stereocenters. The van der Waals surface area contributed by atoms with Crippen LogP contribution in [0.1, 0.15) is 24.5 Å². The van der Waals surface area contributed by atoms with E-state index in [1.54, 1.807) is 0 Å². The smallest absolute Gasteiger partial charge is 0.0451 e. The van der Waals surface area contributed by atoms with Crippen LogP contribution in [0.25, 0.3) is 0 Å². The lowest BCUT2D eigenvalue weighted by atomic mass is 9.86. The number of aryl methyl sites for hydroxylation is 1. The number of rotatable bonds is 3. The van der Waals surface area contributed by atoms with Crippen LogP contribution in [0.3, 0.4) is 0 Å². The van der Waals surface area contributed by atoms with Gasteiger partial charge in [0, 0.05) is 17.8 Å². The fourth-order valence-corrected chi connectivity index (χ4v) is 1.83. The summed E-state index contributed by atoms with van der Waals surface area (Å²) in [6.07, 6.45) is 0.516. The van der Waals surface area contributed by atoms with Gasteiger partial charge in [0.2, 0.25) is 0 Å². The van der Waals surface area contributed by atoms with Crippen molar-refractivity contribution < 1.29 is 5.11 Å². The number of hydrogen-bond donors (Lipinski definition) is 3. The van der Waals surface area contributed by atoms with Crippen LogP contribution in [0, 0.1) is 6.92 Å². The van der Waals surface area contributed by atoms with E-state index in [0.29, 0.717) is 12.1 Å². The molecule has 0 aliphatic heterocycles. The summed E-state index contributed by atoms with van der Waals surface area (Å²) in [5, 5.41) is 8.92. The minimum Gasteiger partial charge on any atom is -0.398 e. The summed E-state index contributed by atoms with van der Waals surface area (Å²) >= 11 is 0. The second-order valence-electron chi connectivity index (χ2n) is 3.93. The molecule has 0 bridgehead atoms. The molecule has 0 fully saturated rings. The summed E-state index contributed by atoms with van der Waals surface area (Å²) in [5.41, 5.74) is 14.1. The molecular weight excluding hydrogens is 176 g/mol. The Morgan fingerprint density at radius 3 is 2.57 bits per heavy atom. The number of anilines is 1. The van der Waals surface area contributed by atoms with Crippen molar-refractivity contribution in [3.63, 3.8) is 0 Å². The van der Waals surface area contributed by atoms with Crippen LogP contribution in [0.4, 0.5) is 5.69 Å². The van der Waals surface area contributed by atoms with Crippen molar-refractivity contribution in [1.29, 1.82) is 0 Å². The molecule has 14 heavy (non-hydrogen) atoms. The molecule has 0 amide bonds. The number of benzene rings is 1. The molecule has 1 unspecified atom stereocenters. The number of aliphatic hydroxyl groups is 1. The minimum absolute atomic E-state index is 0.0702. The van der Waals surface area contributed by atoms with Gasteiger partial charge in [0.1, 0.15) is 0 Å². The highest BCUT2D eigenvalue weighted by Gasteiger charge is 2.24. The van der Waals surface area contributed by atoms with Crippen LogP contribution >= 0.6 is 0 Å². The van der Waals surface area contributed by atoms with Gasteiger partial charge >= 0.3 is 0 Å². The topological polar surface area (TPSA) is 72.3 Å². The Kier molecular flexibility index (Phi) is 3.13. The Labute approximate surface area is 84.7 Å². The van der Waals surface area contributed by atoms with Crippen molar-refractivity contribution in [2.24, 2.45) is 5.73 Å². The number of hydrogen-bond acceptors (Lipinski definition) is 3. The van der Waals surface area contributed by atoms with Gasteiger partial charge in [-0.25, -0.2) is 0 Å². The number of nitrogen functional groups attached to an aromatic ring is 1. The molecule has 0 aromatic heterocycles. The third-order valence-corrected chi connectivity index (χ3v) is 2.51. The van der Waals surface area contributed by atoms with Gasteiger partial charge in [0.05, 0.1) is 0 Å². The lowest BCUT2D eigenvalue weighted by molar-refractivity contribution is 0.247. The Morgan fingerprint density at radius 1 is 1.43 bits per heavy atom. The average Bonchev–Trinajstić information content (AvgIpc) is 2.02. The van der Waals surface area contributed by atoms with Crippen molar-refractivity contribution >= 4 is 5.69 Å². The lowest BCUT2D eigenvalue weighted by Gasteiger charge is -2.27. The van der Waals surface area contributed by atoms with E-state index in [2.05, 4.69) is 0 Å². The van der Waals surface area contributed by atoms with Crippen molar-refractivity contribution in [1.82, 2.24) is 0 Å². The quantitative estimate of drug-likeness (QED) is 0.632. The second-order valence-corrected chi connectivity index (χ2v) is 3.93. The fraction of sp³-hybridized carbons (Fsp3) is 0.455. The molecule has 0 spiro atoms. The zero-order valence-electron chi connectivity index (χ0n) is 8.75. The Morgan fingerprint density at radius 2 is 2.07 bits per heavy atom. The summed E-state index contributed by atoms with van der Waals surface area (Å²) in [5.74, 6) is 0. The van der Waals surface area contributed by atoms with Crippen LogP contribution in [-0.4, -0.2) is 11.7 Å². The molecule has 0 radical (unpaired) electrons. The van der Waals surface area contributed by atoms with Crippen molar-refractivity contribution in [3.05, 3.63) is 29.3 Å². The third kappa shape index (κ3) is 2.05. The van der Waals surface area contributed by atoms with E-state index >= 15 is 0 Å². The van der Waals surface area contributed by atoms with E-state index in [4.69, 9.17) is 16.6 Å². The second kappa shape index (κ2) is 3.98. The van der Waals surface area contributed by atoms with Gasteiger partial charge < -0.3 is 16.6 Å². The first-order chi connectivity index (χ1) is 6.49. The first kappa shape index (κ1) is 11.0. The molecule has 0 heterocycles. The van der Waals surface area contributed by atoms with Gasteiger partial charge in [0.25, 0.3) is 0 Å². The van der Waals surface area contributed by atoms with Crippen LogP contribution in [0.5, 0.6) is 0 Å². The number of aliphatic hydroxyl groups excluding tert-OH is 1. The van der Waals surface area contributed by atoms with Crippen molar-refractivity contribution in [2.45, 2.75) is 25.8 Å². The molecule has 5 N–H and O–H groups in total. The predicted molar refractivity (Wildman–Crippen MR) is 58.8 cm³/mol. The van der Waals surface area contributed by atoms with E-state index in [9.17, 15) is 0 Å². The van der Waals surface area contributed by atoms with Crippen molar-refractivity contribution in [2.75, 3.05) is 12.3 Å². The highest BCUT2D eigenvalue weighted by atomic mass is 16.3.